The van der Waals surface area contributed by atoms with E-state index in [2.05, 4.69) is 4.98 Å². The molecule has 0 aliphatic rings. The summed E-state index contributed by atoms with van der Waals surface area (Å²) in [6.07, 6.45) is 0. The van der Waals surface area contributed by atoms with E-state index in [4.69, 9.17) is 14.2 Å². The highest BCUT2D eigenvalue weighted by Gasteiger charge is 2.06. The van der Waals surface area contributed by atoms with Gasteiger partial charge in [0, 0.05) is 6.07 Å². The third-order valence-electron chi connectivity index (χ3n) is 2.74. The summed E-state index contributed by atoms with van der Waals surface area (Å²) < 4.78 is 15.6. The molecule has 0 unspecified atom stereocenters. The molecule has 0 fully saturated rings. The number of hydrogen-bond donors (Lipinski definition) is 0. The molecule has 0 spiro atoms. The number of aromatic nitrogens is 1. The summed E-state index contributed by atoms with van der Waals surface area (Å²) in [6.45, 7) is 2.46. The van der Waals surface area contributed by atoms with Crippen molar-refractivity contribution < 1.29 is 19.0 Å². The van der Waals surface area contributed by atoms with Gasteiger partial charge in [0.2, 0.25) is 5.88 Å². The molecule has 1 aromatic heterocycles. The lowest BCUT2D eigenvalue weighted by Gasteiger charge is -2.07. The maximum Gasteiger partial charge on any atom is 0.338 e. The number of pyridine rings is 1. The first-order valence-corrected chi connectivity index (χ1v) is 6.63. The molecule has 1 aromatic carbocycles. The molecule has 0 atom stereocenters. The fourth-order valence-corrected chi connectivity index (χ4v) is 1.71. The molecule has 0 N–H and O–H groups in total. The quantitative estimate of drug-likeness (QED) is 0.765. The molecular formula is C16H17NO4. The Morgan fingerprint density at radius 1 is 1.14 bits per heavy atom. The van der Waals surface area contributed by atoms with Crippen molar-refractivity contribution in [1.82, 2.24) is 4.98 Å². The van der Waals surface area contributed by atoms with Crippen LogP contribution in [0.5, 0.6) is 11.6 Å². The third kappa shape index (κ3) is 4.21. The van der Waals surface area contributed by atoms with E-state index < -0.39 is 0 Å². The molecule has 5 heteroatoms. The van der Waals surface area contributed by atoms with Crippen molar-refractivity contribution in [3.63, 3.8) is 0 Å². The van der Waals surface area contributed by atoms with Crippen LogP contribution in [0.4, 0.5) is 0 Å². The van der Waals surface area contributed by atoms with Gasteiger partial charge in [-0.25, -0.2) is 9.78 Å². The fraction of sp³-hybridized carbons (Fsp3) is 0.250. The van der Waals surface area contributed by atoms with E-state index in [9.17, 15) is 4.79 Å². The lowest BCUT2D eigenvalue weighted by atomic mass is 10.2. The van der Waals surface area contributed by atoms with E-state index in [0.717, 1.165) is 5.69 Å². The number of carbonyl (C=O) groups is 1. The molecule has 0 saturated heterocycles. The summed E-state index contributed by atoms with van der Waals surface area (Å²) in [7, 11) is 1.57. The molecule has 0 amide bonds. The predicted octanol–water partition coefficient (Wildman–Crippen LogP) is 2.85. The molecular weight excluding hydrogens is 270 g/mol. The number of benzene rings is 1. The van der Waals surface area contributed by atoms with E-state index in [1.54, 1.807) is 44.4 Å². The SMILES string of the molecule is CCOC(=O)c1ccc(OCc2cccc(OC)n2)cc1. The molecule has 110 valence electrons. The van der Waals surface area contributed by atoms with Gasteiger partial charge in [-0.2, -0.15) is 0 Å². The average Bonchev–Trinajstić information content (AvgIpc) is 2.54. The zero-order valence-electron chi connectivity index (χ0n) is 12.0. The number of rotatable bonds is 6. The van der Waals surface area contributed by atoms with E-state index in [-0.39, 0.29) is 5.97 Å². The molecule has 5 nitrogen and oxygen atoms in total. The highest BCUT2D eigenvalue weighted by atomic mass is 16.5. The number of ether oxygens (including phenoxy) is 3. The van der Waals surface area contributed by atoms with Gasteiger partial charge in [0.05, 0.1) is 25.0 Å². The van der Waals surface area contributed by atoms with Gasteiger partial charge < -0.3 is 14.2 Å². The number of hydrogen-bond acceptors (Lipinski definition) is 5. The standard InChI is InChI=1S/C16H17NO4/c1-3-20-16(18)12-7-9-14(10-8-12)21-11-13-5-4-6-15(17-13)19-2/h4-10H,3,11H2,1-2H3. The van der Waals surface area contributed by atoms with Gasteiger partial charge in [-0.15, -0.1) is 0 Å². The average molecular weight is 287 g/mol. The van der Waals surface area contributed by atoms with Crippen LogP contribution in [0.25, 0.3) is 0 Å². The highest BCUT2D eigenvalue weighted by Crippen LogP contribution is 2.15. The van der Waals surface area contributed by atoms with Crippen molar-refractivity contribution in [3.05, 3.63) is 53.7 Å². The van der Waals surface area contributed by atoms with E-state index in [1.165, 1.54) is 0 Å². The fourth-order valence-electron chi connectivity index (χ4n) is 1.71. The minimum Gasteiger partial charge on any atom is -0.487 e. The Morgan fingerprint density at radius 3 is 2.57 bits per heavy atom. The summed E-state index contributed by atoms with van der Waals surface area (Å²) >= 11 is 0. The second-order valence-electron chi connectivity index (χ2n) is 4.20. The summed E-state index contributed by atoms with van der Waals surface area (Å²) in [5.74, 6) is 0.875. The Balaban J connectivity index is 1.95. The first kappa shape index (κ1) is 14.8. The van der Waals surface area contributed by atoms with Gasteiger partial charge >= 0.3 is 5.97 Å². The monoisotopic (exact) mass is 287 g/mol. The normalized spacial score (nSPS) is 10.0. The van der Waals surface area contributed by atoms with Crippen molar-refractivity contribution in [2.75, 3.05) is 13.7 Å². The highest BCUT2D eigenvalue weighted by molar-refractivity contribution is 5.89. The summed E-state index contributed by atoms with van der Waals surface area (Å²) in [5, 5.41) is 0. The van der Waals surface area contributed by atoms with Crippen molar-refractivity contribution in [2.45, 2.75) is 13.5 Å². The maximum atomic E-state index is 11.5. The first-order valence-electron chi connectivity index (χ1n) is 6.63. The van der Waals surface area contributed by atoms with E-state index in [0.29, 0.717) is 30.4 Å². The zero-order chi connectivity index (χ0) is 15.1. The molecule has 1 heterocycles. The third-order valence-corrected chi connectivity index (χ3v) is 2.74. The van der Waals surface area contributed by atoms with Crippen LogP contribution in [0, 0.1) is 0 Å². The second kappa shape index (κ2) is 7.28. The van der Waals surface area contributed by atoms with Gasteiger partial charge in [0.25, 0.3) is 0 Å². The minimum absolute atomic E-state index is 0.329. The summed E-state index contributed by atoms with van der Waals surface area (Å²) in [6, 6.07) is 12.3. The molecule has 0 aliphatic heterocycles. The van der Waals surface area contributed by atoms with Gasteiger partial charge in [-0.3, -0.25) is 0 Å². The Hall–Kier alpha value is -2.56. The van der Waals surface area contributed by atoms with Gasteiger partial charge in [0.15, 0.2) is 0 Å². The van der Waals surface area contributed by atoms with Crippen LogP contribution < -0.4 is 9.47 Å². The van der Waals surface area contributed by atoms with Gasteiger partial charge in [-0.05, 0) is 37.3 Å². The van der Waals surface area contributed by atoms with Crippen LogP contribution in [0.1, 0.15) is 23.0 Å². The molecule has 0 saturated carbocycles. The van der Waals surface area contributed by atoms with E-state index in [1.807, 2.05) is 12.1 Å². The number of nitrogens with zero attached hydrogens (tertiary/aromatic N) is 1. The number of carbonyl (C=O) groups excluding carboxylic acids is 1. The van der Waals surface area contributed by atoms with Gasteiger partial charge in [-0.1, -0.05) is 6.07 Å². The molecule has 0 bridgehead atoms. The lowest BCUT2D eigenvalue weighted by molar-refractivity contribution is 0.0526. The summed E-state index contributed by atoms with van der Waals surface area (Å²) in [4.78, 5) is 15.8. The second-order valence-corrected chi connectivity index (χ2v) is 4.20. The van der Waals surface area contributed by atoms with Crippen molar-refractivity contribution in [2.24, 2.45) is 0 Å². The lowest BCUT2D eigenvalue weighted by Crippen LogP contribution is -2.04. The topological polar surface area (TPSA) is 57.7 Å². The smallest absolute Gasteiger partial charge is 0.338 e. The molecule has 0 aliphatic carbocycles. The van der Waals surface area contributed by atoms with Crippen molar-refractivity contribution in [1.29, 1.82) is 0 Å². The Bertz CT molecular complexity index is 595. The van der Waals surface area contributed by atoms with Crippen LogP contribution in [-0.2, 0) is 11.3 Å². The van der Waals surface area contributed by atoms with Crippen molar-refractivity contribution >= 4 is 5.97 Å². The zero-order valence-corrected chi connectivity index (χ0v) is 12.0. The molecule has 21 heavy (non-hydrogen) atoms. The van der Waals surface area contributed by atoms with Crippen LogP contribution in [0.3, 0.4) is 0 Å². The van der Waals surface area contributed by atoms with Crippen LogP contribution >= 0.6 is 0 Å². The summed E-state index contributed by atoms with van der Waals surface area (Å²) in [5.41, 5.74) is 1.27. The van der Waals surface area contributed by atoms with E-state index >= 15 is 0 Å². The largest absolute Gasteiger partial charge is 0.487 e. The maximum absolute atomic E-state index is 11.5. The van der Waals surface area contributed by atoms with Crippen LogP contribution in [0.2, 0.25) is 0 Å². The van der Waals surface area contributed by atoms with Crippen LogP contribution in [-0.4, -0.2) is 24.7 Å². The van der Waals surface area contributed by atoms with Crippen LogP contribution in [0.15, 0.2) is 42.5 Å². The van der Waals surface area contributed by atoms with Gasteiger partial charge in [0.1, 0.15) is 12.4 Å². The Labute approximate surface area is 123 Å². The number of methoxy groups -OCH3 is 1. The molecule has 2 aromatic rings. The molecule has 2 rings (SSSR count). The Kier molecular flexibility index (Phi) is 5.15. The predicted molar refractivity (Wildman–Crippen MR) is 77.5 cm³/mol. The number of esters is 1. The first-order chi connectivity index (χ1) is 10.2. The molecule has 0 radical (unpaired) electrons. The minimum atomic E-state index is -0.335. The van der Waals surface area contributed by atoms with Crippen molar-refractivity contribution in [3.8, 4) is 11.6 Å². The Morgan fingerprint density at radius 2 is 1.90 bits per heavy atom.